The summed E-state index contributed by atoms with van der Waals surface area (Å²) in [6.45, 7) is -1.36. The number of unbranched alkanes of at least 4 members (excludes halogenated alkanes) is 1. The number of hydrogen-bond acceptors (Lipinski definition) is 4. The number of anilines is 1. The van der Waals surface area contributed by atoms with E-state index >= 15 is 0 Å². The van der Waals surface area contributed by atoms with Crippen LogP contribution >= 0.6 is 11.8 Å². The fourth-order valence-electron chi connectivity index (χ4n) is 1.47. The number of nitrogens with one attached hydrogen (secondary N) is 1. The average molecular weight is 350 g/mol. The number of aromatic nitrogens is 1. The number of hydrogen-bond donors (Lipinski definition) is 3. The fourth-order valence-corrected chi connectivity index (χ4v) is 2.36. The van der Waals surface area contributed by atoms with Crippen molar-refractivity contribution in [2.24, 2.45) is 10.7 Å². The molecule has 0 aliphatic heterocycles. The Labute approximate surface area is 135 Å². The summed E-state index contributed by atoms with van der Waals surface area (Å²) in [5.74, 6) is -0.197. The number of carboxylic acids is 1. The van der Waals surface area contributed by atoms with Crippen molar-refractivity contribution in [2.45, 2.75) is 30.5 Å². The number of thioether (sulfide) groups is 1. The highest BCUT2D eigenvalue weighted by Gasteiger charge is 2.26. The number of nitrogens with two attached hydrogens (primary N) is 1. The van der Waals surface area contributed by atoms with E-state index in [0.717, 1.165) is 6.42 Å². The van der Waals surface area contributed by atoms with Crippen molar-refractivity contribution >= 4 is 29.5 Å². The molecule has 128 valence electrons. The lowest BCUT2D eigenvalue weighted by Crippen LogP contribution is -2.26. The van der Waals surface area contributed by atoms with Gasteiger partial charge in [-0.3, -0.25) is 4.79 Å². The van der Waals surface area contributed by atoms with E-state index in [1.807, 2.05) is 0 Å². The molecule has 0 atom stereocenters. The highest BCUT2D eigenvalue weighted by Crippen LogP contribution is 2.19. The lowest BCUT2D eigenvalue weighted by molar-refractivity contribution is -0.137. The van der Waals surface area contributed by atoms with Gasteiger partial charge in [0.15, 0.2) is 5.96 Å². The molecule has 1 heterocycles. The number of aliphatic carboxylic acids is 1. The van der Waals surface area contributed by atoms with E-state index in [0.29, 0.717) is 23.0 Å². The third-order valence-electron chi connectivity index (χ3n) is 2.44. The SMILES string of the molecule is NC(=NCC(F)(F)F)Nc1cccc(SCCCCC(=O)O)n1. The first-order valence-corrected chi connectivity index (χ1v) is 7.70. The van der Waals surface area contributed by atoms with E-state index in [2.05, 4.69) is 15.3 Å². The topological polar surface area (TPSA) is 101 Å². The molecule has 6 nitrogen and oxygen atoms in total. The lowest BCUT2D eigenvalue weighted by atomic mass is 10.3. The van der Waals surface area contributed by atoms with Crippen molar-refractivity contribution in [3.8, 4) is 0 Å². The third kappa shape index (κ3) is 9.61. The lowest BCUT2D eigenvalue weighted by Gasteiger charge is -2.07. The zero-order chi connectivity index (χ0) is 17.3. The first kappa shape index (κ1) is 19.1. The summed E-state index contributed by atoms with van der Waals surface area (Å²) in [5, 5.41) is 11.7. The highest BCUT2D eigenvalue weighted by molar-refractivity contribution is 7.99. The number of aliphatic imine (C=N–C) groups is 1. The van der Waals surface area contributed by atoms with E-state index < -0.39 is 18.7 Å². The van der Waals surface area contributed by atoms with Crippen LogP contribution in [0.25, 0.3) is 0 Å². The van der Waals surface area contributed by atoms with Gasteiger partial charge in [-0.15, -0.1) is 11.8 Å². The Morgan fingerprint density at radius 3 is 2.78 bits per heavy atom. The first-order chi connectivity index (χ1) is 10.8. The molecule has 1 aromatic heterocycles. The Morgan fingerprint density at radius 2 is 2.13 bits per heavy atom. The van der Waals surface area contributed by atoms with Crippen LogP contribution in [0.5, 0.6) is 0 Å². The van der Waals surface area contributed by atoms with Crippen LogP contribution in [0.3, 0.4) is 0 Å². The van der Waals surface area contributed by atoms with Gasteiger partial charge < -0.3 is 16.2 Å². The van der Waals surface area contributed by atoms with Gasteiger partial charge in [-0.2, -0.15) is 13.2 Å². The molecule has 23 heavy (non-hydrogen) atoms. The second-order valence-corrected chi connectivity index (χ2v) is 5.62. The van der Waals surface area contributed by atoms with Crippen molar-refractivity contribution in [3.05, 3.63) is 18.2 Å². The van der Waals surface area contributed by atoms with Crippen LogP contribution in [0, 0.1) is 0 Å². The van der Waals surface area contributed by atoms with Gasteiger partial charge in [0.1, 0.15) is 12.4 Å². The monoisotopic (exact) mass is 350 g/mol. The number of guanidine groups is 1. The zero-order valence-corrected chi connectivity index (χ0v) is 13.0. The standard InChI is InChI=1S/C13H17F3N4O2S/c14-13(15,16)8-18-12(17)20-9-4-3-5-10(19-9)23-7-2-1-6-11(21)22/h3-5H,1-2,6-8H2,(H,21,22)(H3,17,18,19,20). The molecule has 0 spiro atoms. The Kier molecular flexibility index (Phi) is 7.66. The van der Waals surface area contributed by atoms with Crippen LogP contribution in [-0.4, -0.2) is 40.5 Å². The Morgan fingerprint density at radius 1 is 1.39 bits per heavy atom. The van der Waals surface area contributed by atoms with Crippen LogP contribution in [0.4, 0.5) is 19.0 Å². The number of alkyl halides is 3. The van der Waals surface area contributed by atoms with Crippen LogP contribution in [0.2, 0.25) is 0 Å². The molecule has 4 N–H and O–H groups in total. The average Bonchev–Trinajstić information content (AvgIpc) is 2.44. The molecular weight excluding hydrogens is 333 g/mol. The molecule has 0 unspecified atom stereocenters. The minimum absolute atomic E-state index is 0.127. The molecule has 1 rings (SSSR count). The quantitative estimate of drug-likeness (QED) is 0.288. The largest absolute Gasteiger partial charge is 0.481 e. The highest BCUT2D eigenvalue weighted by atomic mass is 32.2. The predicted molar refractivity (Wildman–Crippen MR) is 82.6 cm³/mol. The van der Waals surface area contributed by atoms with Gasteiger partial charge in [-0.1, -0.05) is 6.07 Å². The number of carboxylic acid groups (broad SMARTS) is 1. The summed E-state index contributed by atoms with van der Waals surface area (Å²) in [5.41, 5.74) is 5.37. The summed E-state index contributed by atoms with van der Waals surface area (Å²) in [4.78, 5) is 17.7. The van der Waals surface area contributed by atoms with Crippen LogP contribution in [0.1, 0.15) is 19.3 Å². The normalized spacial score (nSPS) is 12.2. The maximum absolute atomic E-state index is 12.0. The minimum Gasteiger partial charge on any atom is -0.481 e. The number of halogens is 3. The van der Waals surface area contributed by atoms with E-state index in [4.69, 9.17) is 10.8 Å². The first-order valence-electron chi connectivity index (χ1n) is 6.71. The van der Waals surface area contributed by atoms with Crippen LogP contribution in [-0.2, 0) is 4.79 Å². The number of nitrogens with zero attached hydrogens (tertiary/aromatic N) is 2. The molecular formula is C13H17F3N4O2S. The molecule has 0 fully saturated rings. The summed E-state index contributed by atoms with van der Waals surface area (Å²) >= 11 is 1.43. The molecule has 0 radical (unpaired) electrons. The van der Waals surface area contributed by atoms with Gasteiger partial charge in [0.05, 0.1) is 5.03 Å². The molecule has 0 amide bonds. The van der Waals surface area contributed by atoms with Crippen molar-refractivity contribution in [2.75, 3.05) is 17.6 Å². The second kappa shape index (κ2) is 9.23. The number of carbonyl (C=O) groups is 1. The molecule has 10 heteroatoms. The summed E-state index contributed by atoms with van der Waals surface area (Å²) in [6.07, 6.45) is -2.97. The molecule has 0 aliphatic carbocycles. The number of pyridine rings is 1. The maximum atomic E-state index is 12.0. The Hall–Kier alpha value is -1.97. The van der Waals surface area contributed by atoms with Crippen molar-refractivity contribution in [1.82, 2.24) is 4.98 Å². The van der Waals surface area contributed by atoms with Gasteiger partial charge in [0.25, 0.3) is 0 Å². The van der Waals surface area contributed by atoms with Gasteiger partial charge in [-0.05, 0) is 30.7 Å². The summed E-state index contributed by atoms with van der Waals surface area (Å²) in [6, 6.07) is 4.99. The molecule has 1 aromatic rings. The van der Waals surface area contributed by atoms with E-state index in [1.165, 1.54) is 11.8 Å². The van der Waals surface area contributed by atoms with Gasteiger partial charge >= 0.3 is 12.1 Å². The molecule has 0 saturated carbocycles. The Balaban J connectivity index is 2.45. The fraction of sp³-hybridized carbons (Fsp3) is 0.462. The van der Waals surface area contributed by atoms with Crippen molar-refractivity contribution < 1.29 is 23.1 Å². The zero-order valence-electron chi connectivity index (χ0n) is 12.1. The van der Waals surface area contributed by atoms with E-state index in [9.17, 15) is 18.0 Å². The van der Waals surface area contributed by atoms with E-state index in [-0.39, 0.29) is 12.4 Å². The predicted octanol–water partition coefficient (Wildman–Crippen LogP) is 2.72. The van der Waals surface area contributed by atoms with Gasteiger partial charge in [0.2, 0.25) is 0 Å². The van der Waals surface area contributed by atoms with E-state index in [1.54, 1.807) is 18.2 Å². The summed E-state index contributed by atoms with van der Waals surface area (Å²) < 4.78 is 36.1. The van der Waals surface area contributed by atoms with Crippen molar-refractivity contribution in [3.63, 3.8) is 0 Å². The van der Waals surface area contributed by atoms with Gasteiger partial charge in [0, 0.05) is 6.42 Å². The van der Waals surface area contributed by atoms with Crippen LogP contribution in [0.15, 0.2) is 28.2 Å². The third-order valence-corrected chi connectivity index (χ3v) is 3.46. The molecule has 0 aliphatic rings. The smallest absolute Gasteiger partial charge is 0.408 e. The van der Waals surface area contributed by atoms with Crippen LogP contribution < -0.4 is 11.1 Å². The maximum Gasteiger partial charge on any atom is 0.408 e. The van der Waals surface area contributed by atoms with Crippen molar-refractivity contribution in [1.29, 1.82) is 0 Å². The second-order valence-electron chi connectivity index (χ2n) is 4.50. The summed E-state index contributed by atoms with van der Waals surface area (Å²) in [7, 11) is 0. The van der Waals surface area contributed by atoms with Gasteiger partial charge in [-0.25, -0.2) is 9.98 Å². The minimum atomic E-state index is -4.41. The molecule has 0 aromatic carbocycles. The molecule has 0 saturated heterocycles. The number of rotatable bonds is 8. The Bertz CT molecular complexity index is 552. The molecule has 0 bridgehead atoms.